The van der Waals surface area contributed by atoms with Crippen molar-refractivity contribution in [2.75, 3.05) is 0 Å². The fourth-order valence-corrected chi connectivity index (χ4v) is 1.30. The summed E-state index contributed by atoms with van der Waals surface area (Å²) in [5.74, 6) is -0.770. The van der Waals surface area contributed by atoms with Gasteiger partial charge < -0.3 is 9.67 Å². The van der Waals surface area contributed by atoms with Gasteiger partial charge in [-0.2, -0.15) is 0 Å². The van der Waals surface area contributed by atoms with Crippen LogP contribution in [0.5, 0.6) is 0 Å². The summed E-state index contributed by atoms with van der Waals surface area (Å²) in [7, 11) is 0. The topological polar surface area (TPSA) is 59.3 Å². The zero-order valence-electron chi connectivity index (χ0n) is 7.85. The molecule has 0 bridgehead atoms. The van der Waals surface area contributed by atoms with Gasteiger partial charge in [0.2, 0.25) is 0 Å². The van der Waals surface area contributed by atoms with Gasteiger partial charge in [0.1, 0.15) is 0 Å². The van der Waals surface area contributed by atoms with Gasteiger partial charge in [-0.25, -0.2) is 0 Å². The standard InChI is InChI=1S/C10H13NO3/c12-8-9-4-3-7-11(9)6-2-1-5-10(13)14/h3-4,7-8H,1-2,5-6H2,(H,13,14). The monoisotopic (exact) mass is 195 g/mol. The van der Waals surface area contributed by atoms with Crippen LogP contribution in [0.25, 0.3) is 0 Å². The molecule has 0 amide bonds. The minimum atomic E-state index is -0.770. The molecule has 0 saturated heterocycles. The van der Waals surface area contributed by atoms with Gasteiger partial charge in [0.05, 0.1) is 5.69 Å². The van der Waals surface area contributed by atoms with Gasteiger partial charge in [-0.1, -0.05) is 0 Å². The maximum absolute atomic E-state index is 10.5. The number of hydrogen-bond acceptors (Lipinski definition) is 2. The molecule has 0 radical (unpaired) electrons. The van der Waals surface area contributed by atoms with Crippen LogP contribution < -0.4 is 0 Å². The second kappa shape index (κ2) is 5.21. The zero-order valence-corrected chi connectivity index (χ0v) is 7.85. The van der Waals surface area contributed by atoms with Gasteiger partial charge in [-0.3, -0.25) is 9.59 Å². The maximum Gasteiger partial charge on any atom is 0.303 e. The first-order chi connectivity index (χ1) is 6.74. The Morgan fingerprint density at radius 2 is 2.29 bits per heavy atom. The predicted octanol–water partition coefficient (Wildman–Crippen LogP) is 1.56. The summed E-state index contributed by atoms with van der Waals surface area (Å²) >= 11 is 0. The highest BCUT2D eigenvalue weighted by Crippen LogP contribution is 2.03. The number of aromatic nitrogens is 1. The molecular formula is C10H13NO3. The molecule has 0 aliphatic carbocycles. The minimum absolute atomic E-state index is 0.192. The van der Waals surface area contributed by atoms with E-state index in [9.17, 15) is 9.59 Å². The summed E-state index contributed by atoms with van der Waals surface area (Å²) in [6.07, 6.45) is 4.24. The van der Waals surface area contributed by atoms with Gasteiger partial charge >= 0.3 is 5.97 Å². The van der Waals surface area contributed by atoms with E-state index in [0.717, 1.165) is 12.7 Å². The van der Waals surface area contributed by atoms with E-state index >= 15 is 0 Å². The van der Waals surface area contributed by atoms with Gasteiger partial charge in [0, 0.05) is 19.2 Å². The third kappa shape index (κ3) is 3.05. The Kier molecular flexibility index (Phi) is 3.91. The summed E-state index contributed by atoms with van der Waals surface area (Å²) in [5, 5.41) is 8.41. The van der Waals surface area contributed by atoms with Crippen molar-refractivity contribution in [3.63, 3.8) is 0 Å². The molecule has 0 saturated carbocycles. The number of unbranched alkanes of at least 4 members (excludes halogenated alkanes) is 1. The van der Waals surface area contributed by atoms with Crippen LogP contribution in [0.15, 0.2) is 18.3 Å². The largest absolute Gasteiger partial charge is 0.481 e. The van der Waals surface area contributed by atoms with E-state index in [1.807, 2.05) is 10.8 Å². The lowest BCUT2D eigenvalue weighted by Crippen LogP contribution is -2.02. The Hall–Kier alpha value is -1.58. The first-order valence-corrected chi connectivity index (χ1v) is 4.56. The molecule has 0 unspecified atom stereocenters. The number of aryl methyl sites for hydroxylation is 1. The van der Waals surface area contributed by atoms with E-state index in [0.29, 0.717) is 18.7 Å². The van der Waals surface area contributed by atoms with Crippen LogP contribution in [0, 0.1) is 0 Å². The lowest BCUT2D eigenvalue weighted by molar-refractivity contribution is -0.137. The van der Waals surface area contributed by atoms with Crippen LogP contribution >= 0.6 is 0 Å². The molecule has 1 aromatic rings. The Bertz CT molecular complexity index is 317. The molecule has 76 valence electrons. The first kappa shape index (κ1) is 10.5. The summed E-state index contributed by atoms with van der Waals surface area (Å²) in [6, 6.07) is 3.55. The number of hydrogen-bond donors (Lipinski definition) is 1. The maximum atomic E-state index is 10.5. The molecule has 0 aromatic carbocycles. The summed E-state index contributed by atoms with van der Waals surface area (Å²) < 4.78 is 1.83. The normalized spacial score (nSPS) is 10.0. The Morgan fingerprint density at radius 3 is 2.93 bits per heavy atom. The fourth-order valence-electron chi connectivity index (χ4n) is 1.30. The lowest BCUT2D eigenvalue weighted by atomic mass is 10.2. The van der Waals surface area contributed by atoms with Crippen molar-refractivity contribution in [3.8, 4) is 0 Å². The first-order valence-electron chi connectivity index (χ1n) is 4.56. The molecule has 1 N–H and O–H groups in total. The molecular weight excluding hydrogens is 182 g/mol. The number of nitrogens with zero attached hydrogens (tertiary/aromatic N) is 1. The number of carboxylic acid groups (broad SMARTS) is 1. The Balaban J connectivity index is 2.31. The number of carboxylic acids is 1. The molecule has 0 spiro atoms. The Labute approximate surface area is 82.2 Å². The highest BCUT2D eigenvalue weighted by Gasteiger charge is 2.00. The number of aliphatic carboxylic acids is 1. The second-order valence-electron chi connectivity index (χ2n) is 3.10. The molecule has 4 nitrogen and oxygen atoms in total. The van der Waals surface area contributed by atoms with Gasteiger partial charge in [0.15, 0.2) is 6.29 Å². The van der Waals surface area contributed by atoms with Crippen molar-refractivity contribution in [2.24, 2.45) is 0 Å². The smallest absolute Gasteiger partial charge is 0.303 e. The average molecular weight is 195 g/mol. The third-order valence-electron chi connectivity index (χ3n) is 2.03. The minimum Gasteiger partial charge on any atom is -0.481 e. The molecule has 0 aliphatic heterocycles. The third-order valence-corrected chi connectivity index (χ3v) is 2.03. The molecule has 1 aromatic heterocycles. The van der Waals surface area contributed by atoms with Crippen LogP contribution in [0.3, 0.4) is 0 Å². The van der Waals surface area contributed by atoms with Crippen molar-refractivity contribution in [2.45, 2.75) is 25.8 Å². The van der Waals surface area contributed by atoms with Crippen LogP contribution in [0.1, 0.15) is 29.8 Å². The second-order valence-corrected chi connectivity index (χ2v) is 3.10. The Morgan fingerprint density at radius 1 is 1.50 bits per heavy atom. The van der Waals surface area contributed by atoms with Crippen molar-refractivity contribution in [3.05, 3.63) is 24.0 Å². The highest BCUT2D eigenvalue weighted by atomic mass is 16.4. The van der Waals surface area contributed by atoms with E-state index in [1.165, 1.54) is 0 Å². The lowest BCUT2D eigenvalue weighted by Gasteiger charge is -2.03. The number of rotatable bonds is 6. The molecule has 0 fully saturated rings. The molecule has 0 aliphatic rings. The van der Waals surface area contributed by atoms with Crippen molar-refractivity contribution < 1.29 is 14.7 Å². The van der Waals surface area contributed by atoms with Crippen molar-refractivity contribution in [1.82, 2.24) is 4.57 Å². The highest BCUT2D eigenvalue weighted by molar-refractivity contribution is 5.72. The quantitative estimate of drug-likeness (QED) is 0.553. The fraction of sp³-hybridized carbons (Fsp3) is 0.400. The van der Waals surface area contributed by atoms with Gasteiger partial charge in [0.25, 0.3) is 0 Å². The van der Waals surface area contributed by atoms with Crippen LogP contribution in [-0.2, 0) is 11.3 Å². The molecule has 1 heterocycles. The van der Waals surface area contributed by atoms with Gasteiger partial charge in [-0.05, 0) is 25.0 Å². The molecule has 0 atom stereocenters. The van der Waals surface area contributed by atoms with Crippen LogP contribution in [0.2, 0.25) is 0 Å². The van der Waals surface area contributed by atoms with Gasteiger partial charge in [-0.15, -0.1) is 0 Å². The summed E-state index contributed by atoms with van der Waals surface area (Å²) in [5.41, 5.74) is 0.639. The van der Waals surface area contributed by atoms with E-state index in [4.69, 9.17) is 5.11 Å². The number of aldehydes is 1. The average Bonchev–Trinajstić information content (AvgIpc) is 2.59. The van der Waals surface area contributed by atoms with E-state index in [2.05, 4.69) is 0 Å². The van der Waals surface area contributed by atoms with Crippen molar-refractivity contribution >= 4 is 12.3 Å². The van der Waals surface area contributed by atoms with Crippen LogP contribution in [-0.4, -0.2) is 21.9 Å². The van der Waals surface area contributed by atoms with E-state index in [-0.39, 0.29) is 6.42 Å². The molecule has 1 rings (SSSR count). The predicted molar refractivity (Wildman–Crippen MR) is 51.3 cm³/mol. The summed E-state index contributed by atoms with van der Waals surface area (Å²) in [6.45, 7) is 0.703. The number of carbonyl (C=O) groups is 2. The SMILES string of the molecule is O=Cc1cccn1CCCCC(=O)O. The zero-order chi connectivity index (χ0) is 10.4. The van der Waals surface area contributed by atoms with E-state index < -0.39 is 5.97 Å². The molecule has 14 heavy (non-hydrogen) atoms. The van der Waals surface area contributed by atoms with Crippen LogP contribution in [0.4, 0.5) is 0 Å². The summed E-state index contributed by atoms with van der Waals surface area (Å²) in [4.78, 5) is 20.7. The molecule has 4 heteroatoms. The van der Waals surface area contributed by atoms with Crippen molar-refractivity contribution in [1.29, 1.82) is 0 Å². The van der Waals surface area contributed by atoms with E-state index in [1.54, 1.807) is 12.1 Å². The number of carbonyl (C=O) groups excluding carboxylic acids is 1.